The van der Waals surface area contributed by atoms with Crippen LogP contribution in [0, 0.1) is 6.92 Å². The number of carbonyl (C=O) groups excluding carboxylic acids is 2. The maximum absolute atomic E-state index is 12.4. The van der Waals surface area contributed by atoms with Crippen molar-refractivity contribution in [2.45, 2.75) is 13.8 Å². The smallest absolute Gasteiger partial charge is 0.330 e. The van der Waals surface area contributed by atoms with Crippen molar-refractivity contribution in [3.63, 3.8) is 0 Å². The molecule has 2 rings (SSSR count). The third-order valence-electron chi connectivity index (χ3n) is 2.99. The Morgan fingerprint density at radius 2 is 1.86 bits per heavy atom. The topological polar surface area (TPSA) is 56.3 Å². The second-order valence-corrected chi connectivity index (χ2v) is 4.73. The lowest BCUT2D eigenvalue weighted by molar-refractivity contribution is -0.137. The summed E-state index contributed by atoms with van der Waals surface area (Å²) in [6.07, 6.45) is 2.83. The highest BCUT2D eigenvalue weighted by molar-refractivity contribution is 6.07. The number of rotatable bonds is 5. The maximum atomic E-state index is 12.4. The molecule has 0 aliphatic carbocycles. The Balaban J connectivity index is 2.19. The zero-order valence-electron chi connectivity index (χ0n) is 12.6. The first-order valence-electron chi connectivity index (χ1n) is 7.03. The van der Waals surface area contributed by atoms with E-state index < -0.39 is 5.97 Å². The largest absolute Gasteiger partial charge is 0.463 e. The van der Waals surface area contributed by atoms with Gasteiger partial charge >= 0.3 is 5.97 Å². The summed E-state index contributed by atoms with van der Waals surface area (Å²) in [5.41, 5.74) is 2.56. The number of nitrogens with zero attached hydrogens (tertiary/aromatic N) is 1. The predicted molar refractivity (Wildman–Crippen MR) is 84.5 cm³/mol. The minimum atomic E-state index is -0.431. The first-order valence-corrected chi connectivity index (χ1v) is 7.03. The number of pyridine rings is 1. The fourth-order valence-corrected chi connectivity index (χ4v) is 1.87. The van der Waals surface area contributed by atoms with Crippen molar-refractivity contribution in [2.75, 3.05) is 6.61 Å². The average molecular weight is 295 g/mol. The first-order chi connectivity index (χ1) is 10.6. The van der Waals surface area contributed by atoms with E-state index in [1.54, 1.807) is 37.3 Å². The molecule has 0 saturated heterocycles. The fourth-order valence-electron chi connectivity index (χ4n) is 1.87. The molecule has 0 atom stereocenters. The summed E-state index contributed by atoms with van der Waals surface area (Å²) in [6.45, 7) is 4.03. The number of aryl methyl sites for hydroxylation is 1. The van der Waals surface area contributed by atoms with Crippen molar-refractivity contribution in [2.24, 2.45) is 0 Å². The van der Waals surface area contributed by atoms with E-state index in [2.05, 4.69) is 4.98 Å². The monoisotopic (exact) mass is 295 g/mol. The maximum Gasteiger partial charge on any atom is 0.330 e. The third kappa shape index (κ3) is 4.12. The minimum Gasteiger partial charge on any atom is -0.463 e. The Morgan fingerprint density at radius 3 is 2.55 bits per heavy atom. The second kappa shape index (κ2) is 7.31. The van der Waals surface area contributed by atoms with E-state index >= 15 is 0 Å². The van der Waals surface area contributed by atoms with Gasteiger partial charge in [0, 0.05) is 11.6 Å². The number of ketones is 1. The molecule has 0 aliphatic heterocycles. The van der Waals surface area contributed by atoms with Crippen LogP contribution < -0.4 is 0 Å². The Hall–Kier alpha value is -2.75. The lowest BCUT2D eigenvalue weighted by Crippen LogP contribution is -2.05. The van der Waals surface area contributed by atoms with E-state index in [1.807, 2.05) is 19.1 Å². The molecule has 0 spiro atoms. The van der Waals surface area contributed by atoms with Crippen LogP contribution in [0.5, 0.6) is 0 Å². The van der Waals surface area contributed by atoms with E-state index in [4.69, 9.17) is 4.74 Å². The van der Waals surface area contributed by atoms with Gasteiger partial charge in [-0.15, -0.1) is 0 Å². The lowest BCUT2D eigenvalue weighted by Gasteiger charge is -2.02. The summed E-state index contributed by atoms with van der Waals surface area (Å²) in [5, 5.41) is 0. The highest BCUT2D eigenvalue weighted by atomic mass is 16.5. The number of benzene rings is 1. The molecule has 22 heavy (non-hydrogen) atoms. The van der Waals surface area contributed by atoms with Crippen LogP contribution in [-0.2, 0) is 9.53 Å². The summed E-state index contributed by atoms with van der Waals surface area (Å²) >= 11 is 0. The van der Waals surface area contributed by atoms with Crippen LogP contribution in [0.4, 0.5) is 0 Å². The summed E-state index contributed by atoms with van der Waals surface area (Å²) in [4.78, 5) is 27.9. The summed E-state index contributed by atoms with van der Waals surface area (Å²) in [6, 6.07) is 12.4. The number of aromatic nitrogens is 1. The molecule has 2 aromatic rings. The number of hydrogen-bond acceptors (Lipinski definition) is 4. The molecule has 0 aliphatic rings. The highest BCUT2D eigenvalue weighted by Gasteiger charge is 2.10. The number of carbonyl (C=O) groups is 2. The van der Waals surface area contributed by atoms with Crippen molar-refractivity contribution in [3.8, 4) is 0 Å². The standard InChI is InChI=1S/C18H17NO3/c1-3-22-17(20)12-11-15-5-4-6-16(19-15)18(21)14-9-7-13(2)8-10-14/h4-12H,3H2,1-2H3. The molecule has 0 bridgehead atoms. The zero-order valence-corrected chi connectivity index (χ0v) is 12.6. The molecule has 0 saturated carbocycles. The number of hydrogen-bond donors (Lipinski definition) is 0. The van der Waals surface area contributed by atoms with Crippen molar-refractivity contribution < 1.29 is 14.3 Å². The van der Waals surface area contributed by atoms with E-state index in [0.717, 1.165) is 5.56 Å². The summed E-state index contributed by atoms with van der Waals surface area (Å²) < 4.78 is 4.80. The van der Waals surface area contributed by atoms with Gasteiger partial charge < -0.3 is 4.74 Å². The Labute approximate surface area is 129 Å². The minimum absolute atomic E-state index is 0.147. The van der Waals surface area contributed by atoms with Crippen LogP contribution in [-0.4, -0.2) is 23.3 Å². The van der Waals surface area contributed by atoms with Crippen LogP contribution in [0.25, 0.3) is 6.08 Å². The van der Waals surface area contributed by atoms with Crippen LogP contribution in [0.2, 0.25) is 0 Å². The molecule has 1 heterocycles. The van der Waals surface area contributed by atoms with Gasteiger partial charge in [-0.2, -0.15) is 0 Å². The van der Waals surface area contributed by atoms with E-state index in [9.17, 15) is 9.59 Å². The third-order valence-corrected chi connectivity index (χ3v) is 2.99. The molecule has 112 valence electrons. The van der Waals surface area contributed by atoms with Gasteiger partial charge in [0.15, 0.2) is 0 Å². The van der Waals surface area contributed by atoms with E-state index in [0.29, 0.717) is 23.6 Å². The van der Waals surface area contributed by atoms with Gasteiger partial charge in [-0.3, -0.25) is 4.79 Å². The van der Waals surface area contributed by atoms with Crippen LogP contribution in [0.15, 0.2) is 48.5 Å². The van der Waals surface area contributed by atoms with E-state index in [1.165, 1.54) is 12.2 Å². The van der Waals surface area contributed by atoms with Crippen molar-refractivity contribution in [1.82, 2.24) is 4.98 Å². The van der Waals surface area contributed by atoms with Crippen molar-refractivity contribution >= 4 is 17.8 Å². The molecule has 0 radical (unpaired) electrons. The van der Waals surface area contributed by atoms with Gasteiger partial charge in [0.25, 0.3) is 0 Å². The summed E-state index contributed by atoms with van der Waals surface area (Å²) in [7, 11) is 0. The molecule has 0 N–H and O–H groups in total. The van der Waals surface area contributed by atoms with Gasteiger partial charge in [-0.1, -0.05) is 35.9 Å². The van der Waals surface area contributed by atoms with Crippen LogP contribution in [0.1, 0.15) is 34.2 Å². The molecular weight excluding hydrogens is 278 g/mol. The lowest BCUT2D eigenvalue weighted by atomic mass is 10.1. The molecule has 0 unspecified atom stereocenters. The molecule has 1 aromatic heterocycles. The highest BCUT2D eigenvalue weighted by Crippen LogP contribution is 2.10. The second-order valence-electron chi connectivity index (χ2n) is 4.73. The molecule has 4 nitrogen and oxygen atoms in total. The van der Waals surface area contributed by atoms with Gasteiger partial charge in [0.2, 0.25) is 5.78 Å². The quantitative estimate of drug-likeness (QED) is 0.483. The molecule has 4 heteroatoms. The van der Waals surface area contributed by atoms with Gasteiger partial charge in [0.1, 0.15) is 5.69 Å². The normalized spacial score (nSPS) is 10.6. The molecule has 1 aromatic carbocycles. The van der Waals surface area contributed by atoms with E-state index in [-0.39, 0.29) is 5.78 Å². The SMILES string of the molecule is CCOC(=O)C=Cc1cccc(C(=O)c2ccc(C)cc2)n1. The number of esters is 1. The van der Waals surface area contributed by atoms with Crippen molar-refractivity contribution in [3.05, 3.63) is 71.1 Å². The fraction of sp³-hybridized carbons (Fsp3) is 0.167. The zero-order chi connectivity index (χ0) is 15.9. The summed E-state index contributed by atoms with van der Waals surface area (Å²) in [5.74, 6) is -0.578. The van der Waals surface area contributed by atoms with Gasteiger partial charge in [-0.25, -0.2) is 9.78 Å². The Kier molecular flexibility index (Phi) is 5.20. The van der Waals surface area contributed by atoms with Gasteiger partial charge in [-0.05, 0) is 32.1 Å². The molecular formula is C18H17NO3. The van der Waals surface area contributed by atoms with Gasteiger partial charge in [0.05, 0.1) is 12.3 Å². The first kappa shape index (κ1) is 15.6. The average Bonchev–Trinajstić information content (AvgIpc) is 2.53. The van der Waals surface area contributed by atoms with Crippen LogP contribution >= 0.6 is 0 Å². The number of ether oxygens (including phenoxy) is 1. The van der Waals surface area contributed by atoms with Crippen molar-refractivity contribution in [1.29, 1.82) is 0 Å². The Bertz CT molecular complexity index is 703. The Morgan fingerprint density at radius 1 is 1.14 bits per heavy atom. The predicted octanol–water partition coefficient (Wildman–Crippen LogP) is 3.20. The van der Waals surface area contributed by atoms with Crippen LogP contribution in [0.3, 0.4) is 0 Å². The molecule has 0 amide bonds. The molecule has 0 fully saturated rings.